The molecule has 122 valence electrons. The molecule has 0 N–H and O–H groups in total. The van der Waals surface area contributed by atoms with Crippen LogP contribution >= 0.6 is 0 Å². The highest BCUT2D eigenvalue weighted by molar-refractivity contribution is 7.91. The predicted octanol–water partition coefficient (Wildman–Crippen LogP) is 2.55. The van der Waals surface area contributed by atoms with E-state index in [1.165, 1.54) is 0 Å². The fourth-order valence-electron chi connectivity index (χ4n) is 2.76. The van der Waals surface area contributed by atoms with Crippen molar-refractivity contribution in [2.75, 3.05) is 18.6 Å². The molecule has 1 fully saturated rings. The molecule has 1 aliphatic rings. The van der Waals surface area contributed by atoms with Crippen molar-refractivity contribution in [2.24, 2.45) is 0 Å². The number of aryl methyl sites for hydroxylation is 1. The maximum absolute atomic E-state index is 12.8. The average Bonchev–Trinajstić information content (AvgIpc) is 2.76. The Morgan fingerprint density at radius 2 is 1.91 bits per heavy atom. The molecule has 22 heavy (non-hydrogen) atoms. The van der Waals surface area contributed by atoms with Crippen molar-refractivity contribution < 1.29 is 13.2 Å². The Morgan fingerprint density at radius 1 is 1.27 bits per heavy atom. The molecule has 2 rings (SSSR count). The summed E-state index contributed by atoms with van der Waals surface area (Å²) in [6.45, 7) is 8.25. The lowest BCUT2D eigenvalue weighted by atomic mass is 9.85. The van der Waals surface area contributed by atoms with Crippen LogP contribution in [0.2, 0.25) is 0 Å². The van der Waals surface area contributed by atoms with Crippen molar-refractivity contribution in [3.05, 3.63) is 34.9 Å². The van der Waals surface area contributed by atoms with E-state index < -0.39 is 9.84 Å². The van der Waals surface area contributed by atoms with E-state index >= 15 is 0 Å². The van der Waals surface area contributed by atoms with Crippen molar-refractivity contribution in [1.29, 1.82) is 0 Å². The van der Waals surface area contributed by atoms with Crippen molar-refractivity contribution in [1.82, 2.24) is 4.90 Å². The van der Waals surface area contributed by atoms with Crippen molar-refractivity contribution in [3.63, 3.8) is 0 Å². The lowest BCUT2D eigenvalue weighted by Crippen LogP contribution is -2.38. The Bertz CT molecular complexity index is 686. The summed E-state index contributed by atoms with van der Waals surface area (Å²) in [5.41, 5.74) is 2.66. The zero-order chi connectivity index (χ0) is 16.7. The number of hydrogen-bond acceptors (Lipinski definition) is 3. The summed E-state index contributed by atoms with van der Waals surface area (Å²) in [7, 11) is -1.29. The normalized spacial score (nSPS) is 20.9. The van der Waals surface area contributed by atoms with Gasteiger partial charge in [-0.3, -0.25) is 4.79 Å². The Hall–Kier alpha value is -1.36. The molecule has 0 aliphatic carbocycles. The van der Waals surface area contributed by atoms with Gasteiger partial charge in [-0.05, 0) is 36.0 Å². The number of amides is 1. The maximum Gasteiger partial charge on any atom is 0.254 e. The van der Waals surface area contributed by atoms with Gasteiger partial charge in [0, 0.05) is 18.7 Å². The molecule has 0 spiro atoms. The third-order valence-electron chi connectivity index (χ3n) is 4.41. The lowest BCUT2D eigenvalue weighted by molar-refractivity contribution is 0.0747. The van der Waals surface area contributed by atoms with Crippen LogP contribution in [-0.2, 0) is 15.3 Å². The third-order valence-corrected chi connectivity index (χ3v) is 6.16. The number of sulfone groups is 1. The van der Waals surface area contributed by atoms with E-state index in [9.17, 15) is 13.2 Å². The molecule has 1 heterocycles. The Kier molecular flexibility index (Phi) is 4.39. The van der Waals surface area contributed by atoms with Crippen LogP contribution in [-0.4, -0.2) is 43.8 Å². The predicted molar refractivity (Wildman–Crippen MR) is 89.0 cm³/mol. The SMILES string of the molecule is Cc1ccc(C(C)(C)C)cc1C(=O)N(C)C1CCS(=O)(=O)C1. The molecule has 4 nitrogen and oxygen atoms in total. The topological polar surface area (TPSA) is 54.5 Å². The van der Waals surface area contributed by atoms with Gasteiger partial charge < -0.3 is 4.90 Å². The summed E-state index contributed by atoms with van der Waals surface area (Å²) in [6.07, 6.45) is 0.530. The smallest absolute Gasteiger partial charge is 0.254 e. The van der Waals surface area contributed by atoms with Crippen LogP contribution in [0, 0.1) is 6.92 Å². The zero-order valence-corrected chi connectivity index (χ0v) is 14.8. The molecule has 0 saturated carbocycles. The molecule has 0 aromatic heterocycles. The van der Waals surface area contributed by atoms with Gasteiger partial charge in [0.05, 0.1) is 11.5 Å². The summed E-state index contributed by atoms with van der Waals surface area (Å²) in [6, 6.07) is 5.74. The molecule has 5 heteroatoms. The summed E-state index contributed by atoms with van der Waals surface area (Å²) < 4.78 is 23.2. The van der Waals surface area contributed by atoms with E-state index in [-0.39, 0.29) is 28.9 Å². The number of hydrogen-bond donors (Lipinski definition) is 0. The van der Waals surface area contributed by atoms with Gasteiger partial charge in [0.1, 0.15) is 0 Å². The van der Waals surface area contributed by atoms with Gasteiger partial charge in [-0.15, -0.1) is 0 Å². The maximum atomic E-state index is 12.8. The van der Waals surface area contributed by atoms with E-state index in [1.54, 1.807) is 11.9 Å². The minimum absolute atomic E-state index is 0.0298. The number of nitrogens with zero attached hydrogens (tertiary/aromatic N) is 1. The highest BCUT2D eigenvalue weighted by Gasteiger charge is 2.33. The first-order valence-electron chi connectivity index (χ1n) is 7.60. The summed E-state index contributed by atoms with van der Waals surface area (Å²) in [5.74, 6) is 0.162. The first-order valence-corrected chi connectivity index (χ1v) is 9.42. The minimum atomic E-state index is -2.99. The van der Waals surface area contributed by atoms with Gasteiger partial charge in [0.2, 0.25) is 0 Å². The highest BCUT2D eigenvalue weighted by Crippen LogP contribution is 2.26. The van der Waals surface area contributed by atoms with Gasteiger partial charge in [-0.25, -0.2) is 8.42 Å². The molecule has 1 atom stereocenters. The Morgan fingerprint density at radius 3 is 2.41 bits per heavy atom. The lowest BCUT2D eigenvalue weighted by Gasteiger charge is -2.26. The van der Waals surface area contributed by atoms with Gasteiger partial charge in [0.25, 0.3) is 5.91 Å². The summed E-state index contributed by atoms with van der Waals surface area (Å²) >= 11 is 0. The summed E-state index contributed by atoms with van der Waals surface area (Å²) in [4.78, 5) is 14.4. The molecule has 1 unspecified atom stereocenters. The second-order valence-electron chi connectivity index (χ2n) is 7.25. The zero-order valence-electron chi connectivity index (χ0n) is 14.0. The van der Waals surface area contributed by atoms with Crippen LogP contribution in [0.15, 0.2) is 18.2 Å². The fourth-order valence-corrected chi connectivity index (χ4v) is 4.53. The van der Waals surface area contributed by atoms with E-state index in [1.807, 2.05) is 25.1 Å². The standard InChI is InChI=1S/C17H25NO3S/c1-12-6-7-13(17(2,3)4)10-15(12)16(19)18(5)14-8-9-22(20,21)11-14/h6-7,10,14H,8-9,11H2,1-5H3. The van der Waals surface area contributed by atoms with E-state index in [2.05, 4.69) is 20.8 Å². The number of benzene rings is 1. The number of carbonyl (C=O) groups is 1. The summed E-state index contributed by atoms with van der Waals surface area (Å²) in [5, 5.41) is 0. The van der Waals surface area contributed by atoms with E-state index in [4.69, 9.17) is 0 Å². The molecule has 1 aromatic rings. The molecule has 1 saturated heterocycles. The van der Waals surface area contributed by atoms with Gasteiger partial charge in [0.15, 0.2) is 9.84 Å². The minimum Gasteiger partial charge on any atom is -0.338 e. The van der Waals surface area contributed by atoms with Crippen LogP contribution in [0.1, 0.15) is 48.7 Å². The van der Waals surface area contributed by atoms with Crippen LogP contribution in [0.25, 0.3) is 0 Å². The molecule has 1 aromatic carbocycles. The fraction of sp³-hybridized carbons (Fsp3) is 0.588. The monoisotopic (exact) mass is 323 g/mol. The number of carbonyl (C=O) groups excluding carboxylic acids is 1. The van der Waals surface area contributed by atoms with Crippen LogP contribution in [0.3, 0.4) is 0 Å². The van der Waals surface area contributed by atoms with Crippen molar-refractivity contribution in [2.45, 2.75) is 45.6 Å². The van der Waals surface area contributed by atoms with E-state index in [0.717, 1.165) is 11.1 Å². The molecule has 1 aliphatic heterocycles. The van der Waals surface area contributed by atoms with Crippen molar-refractivity contribution >= 4 is 15.7 Å². The van der Waals surface area contributed by atoms with Crippen LogP contribution in [0.4, 0.5) is 0 Å². The molecular formula is C17H25NO3S. The Balaban J connectivity index is 2.29. The largest absolute Gasteiger partial charge is 0.338 e. The Labute approximate surface area is 133 Å². The van der Waals surface area contributed by atoms with Crippen molar-refractivity contribution in [3.8, 4) is 0 Å². The number of rotatable bonds is 2. The van der Waals surface area contributed by atoms with Gasteiger partial charge in [-0.2, -0.15) is 0 Å². The first kappa shape index (κ1) is 17.0. The van der Waals surface area contributed by atoms with Gasteiger partial charge in [-0.1, -0.05) is 32.9 Å². The molecular weight excluding hydrogens is 298 g/mol. The quantitative estimate of drug-likeness (QED) is 0.840. The van der Waals surface area contributed by atoms with Crippen LogP contribution in [0.5, 0.6) is 0 Å². The molecule has 0 bridgehead atoms. The van der Waals surface area contributed by atoms with Crippen LogP contribution < -0.4 is 0 Å². The third kappa shape index (κ3) is 3.51. The van der Waals surface area contributed by atoms with Gasteiger partial charge >= 0.3 is 0 Å². The first-order chi connectivity index (χ1) is 10.0. The molecule has 0 radical (unpaired) electrons. The second-order valence-corrected chi connectivity index (χ2v) is 9.48. The average molecular weight is 323 g/mol. The highest BCUT2D eigenvalue weighted by atomic mass is 32.2. The second kappa shape index (κ2) is 5.69. The molecule has 1 amide bonds. The van der Waals surface area contributed by atoms with E-state index in [0.29, 0.717) is 12.0 Å².